The fourth-order valence-electron chi connectivity index (χ4n) is 4.43. The number of sulfonamides is 1. The van der Waals surface area contributed by atoms with E-state index >= 15 is 0 Å². The number of ether oxygens (including phenoxy) is 1. The van der Waals surface area contributed by atoms with Gasteiger partial charge in [-0.2, -0.15) is 4.31 Å². The van der Waals surface area contributed by atoms with Crippen LogP contribution in [0.25, 0.3) is 6.08 Å². The van der Waals surface area contributed by atoms with Gasteiger partial charge in [0.2, 0.25) is 21.8 Å². The molecule has 1 fully saturated rings. The highest BCUT2D eigenvalue weighted by atomic mass is 32.2. The molecule has 2 aromatic rings. The fraction of sp³-hybridized carbons (Fsp3) is 0.360. The third kappa shape index (κ3) is 4.85. The number of amides is 2. The van der Waals surface area contributed by atoms with Crippen LogP contribution < -0.4 is 10.1 Å². The lowest BCUT2D eigenvalue weighted by Crippen LogP contribution is -2.33. The van der Waals surface area contributed by atoms with Gasteiger partial charge in [0, 0.05) is 31.9 Å². The van der Waals surface area contributed by atoms with Crippen LogP contribution in [0.1, 0.15) is 50.3 Å². The second kappa shape index (κ2) is 9.99. The number of nitrogens with zero attached hydrogens (tertiary/aromatic N) is 2. The maximum atomic E-state index is 13.2. The van der Waals surface area contributed by atoms with Crippen molar-refractivity contribution in [3.8, 4) is 5.75 Å². The van der Waals surface area contributed by atoms with Crippen LogP contribution in [0.2, 0.25) is 0 Å². The summed E-state index contributed by atoms with van der Waals surface area (Å²) < 4.78 is 33.5. The van der Waals surface area contributed by atoms with Crippen LogP contribution in [0, 0.1) is 0 Å². The zero-order valence-electron chi connectivity index (χ0n) is 19.4. The predicted octanol–water partition coefficient (Wildman–Crippen LogP) is 3.77. The standard InChI is InChI=1S/C25H29N3O5S/c1-3-33-23-11-10-20(16-24(23)34(31,32)27-13-6-7-14-27)26-25(30)17-22-21-9-5-4-8-19(21)12-15-28(22)18(2)29/h4-5,8-12,15-16,22H,3,6-7,13-14,17H2,1-2H3,(H,26,30)/t22-/m0/s1. The number of carbonyl (C=O) groups excluding carboxylic acids is 2. The molecule has 0 bridgehead atoms. The highest BCUT2D eigenvalue weighted by Crippen LogP contribution is 2.34. The van der Waals surface area contributed by atoms with Gasteiger partial charge in [0.1, 0.15) is 10.6 Å². The van der Waals surface area contributed by atoms with E-state index in [1.165, 1.54) is 17.3 Å². The number of rotatable bonds is 7. The third-order valence-electron chi connectivity index (χ3n) is 6.06. The van der Waals surface area contributed by atoms with Crippen LogP contribution in [0.15, 0.2) is 53.6 Å². The Bertz CT molecular complexity index is 1220. The minimum Gasteiger partial charge on any atom is -0.492 e. The van der Waals surface area contributed by atoms with Crippen molar-refractivity contribution in [2.24, 2.45) is 0 Å². The molecule has 2 heterocycles. The van der Waals surface area contributed by atoms with Crippen molar-refractivity contribution in [3.63, 3.8) is 0 Å². The zero-order valence-corrected chi connectivity index (χ0v) is 20.2. The van der Waals surface area contributed by atoms with E-state index in [0.29, 0.717) is 25.4 Å². The SMILES string of the molecule is CCOc1ccc(NC(=O)C[C@H]2c3ccccc3C=CN2C(C)=O)cc1S(=O)(=O)N1CCCC1. The average Bonchev–Trinajstić information content (AvgIpc) is 3.36. The summed E-state index contributed by atoms with van der Waals surface area (Å²) in [6.07, 6.45) is 5.23. The first-order valence-electron chi connectivity index (χ1n) is 11.4. The summed E-state index contributed by atoms with van der Waals surface area (Å²) in [5.41, 5.74) is 2.21. The Balaban J connectivity index is 1.58. The lowest BCUT2D eigenvalue weighted by molar-refractivity contribution is -0.129. The van der Waals surface area contributed by atoms with Crippen LogP contribution in [0.5, 0.6) is 5.75 Å². The number of nitrogens with one attached hydrogen (secondary N) is 1. The van der Waals surface area contributed by atoms with E-state index in [1.54, 1.807) is 30.2 Å². The average molecular weight is 484 g/mol. The van der Waals surface area contributed by atoms with E-state index in [4.69, 9.17) is 4.74 Å². The van der Waals surface area contributed by atoms with Crippen molar-refractivity contribution in [3.05, 3.63) is 59.8 Å². The van der Waals surface area contributed by atoms with Crippen molar-refractivity contribution >= 4 is 33.6 Å². The summed E-state index contributed by atoms with van der Waals surface area (Å²) in [6, 6.07) is 11.8. The van der Waals surface area contributed by atoms with Crippen LogP contribution in [0.4, 0.5) is 5.69 Å². The van der Waals surface area contributed by atoms with Gasteiger partial charge in [0.25, 0.3) is 0 Å². The van der Waals surface area contributed by atoms with Gasteiger partial charge in [-0.1, -0.05) is 24.3 Å². The lowest BCUT2D eigenvalue weighted by atomic mass is 9.93. The summed E-state index contributed by atoms with van der Waals surface area (Å²) >= 11 is 0. The first-order valence-corrected chi connectivity index (χ1v) is 12.9. The summed E-state index contributed by atoms with van der Waals surface area (Å²) in [6.45, 7) is 4.52. The number of benzene rings is 2. The van der Waals surface area contributed by atoms with Gasteiger partial charge in [-0.15, -0.1) is 0 Å². The number of hydrogen-bond donors (Lipinski definition) is 1. The Labute approximate surface area is 200 Å². The summed E-state index contributed by atoms with van der Waals surface area (Å²) in [5, 5.41) is 2.81. The number of anilines is 1. The quantitative estimate of drug-likeness (QED) is 0.647. The smallest absolute Gasteiger partial charge is 0.246 e. The summed E-state index contributed by atoms with van der Waals surface area (Å²) in [4.78, 5) is 26.8. The molecule has 1 atom stereocenters. The molecule has 2 amide bonds. The van der Waals surface area contributed by atoms with Gasteiger partial charge in [-0.25, -0.2) is 8.42 Å². The number of hydrogen-bond acceptors (Lipinski definition) is 5. The fourth-order valence-corrected chi connectivity index (χ4v) is 6.10. The molecule has 2 aliphatic heterocycles. The molecule has 2 aromatic carbocycles. The van der Waals surface area contributed by atoms with Crippen molar-refractivity contribution in [1.29, 1.82) is 0 Å². The summed E-state index contributed by atoms with van der Waals surface area (Å²) in [7, 11) is -3.74. The molecule has 1 saturated heterocycles. The molecular formula is C25H29N3O5S. The highest BCUT2D eigenvalue weighted by Gasteiger charge is 2.31. The van der Waals surface area contributed by atoms with Gasteiger partial charge >= 0.3 is 0 Å². The molecule has 8 nitrogen and oxygen atoms in total. The minimum atomic E-state index is -3.74. The third-order valence-corrected chi connectivity index (χ3v) is 7.98. The van der Waals surface area contributed by atoms with Gasteiger partial charge < -0.3 is 15.0 Å². The molecule has 4 rings (SSSR count). The van der Waals surface area contributed by atoms with Crippen LogP contribution in [-0.4, -0.2) is 49.1 Å². The maximum absolute atomic E-state index is 13.2. The molecule has 0 aromatic heterocycles. The molecule has 0 unspecified atom stereocenters. The second-order valence-electron chi connectivity index (χ2n) is 8.34. The van der Waals surface area contributed by atoms with E-state index < -0.39 is 16.1 Å². The van der Waals surface area contributed by atoms with E-state index in [-0.39, 0.29) is 28.9 Å². The normalized spacial score (nSPS) is 17.9. The molecular weight excluding hydrogens is 454 g/mol. The predicted molar refractivity (Wildman–Crippen MR) is 130 cm³/mol. The second-order valence-corrected chi connectivity index (χ2v) is 10.3. The lowest BCUT2D eigenvalue weighted by Gasteiger charge is -2.32. The van der Waals surface area contributed by atoms with Crippen LogP contribution in [-0.2, 0) is 19.6 Å². The number of fused-ring (bicyclic) bond motifs is 1. The monoisotopic (exact) mass is 483 g/mol. The molecule has 0 radical (unpaired) electrons. The molecule has 0 saturated carbocycles. The Hall–Kier alpha value is -3.17. The first kappa shape index (κ1) is 24.0. The Morgan fingerprint density at radius 3 is 2.56 bits per heavy atom. The van der Waals surface area contributed by atoms with Gasteiger partial charge in [-0.05, 0) is 55.2 Å². The van der Waals surface area contributed by atoms with Crippen molar-refractivity contribution in [1.82, 2.24) is 9.21 Å². The Morgan fingerprint density at radius 2 is 1.85 bits per heavy atom. The highest BCUT2D eigenvalue weighted by molar-refractivity contribution is 7.89. The van der Waals surface area contributed by atoms with E-state index in [9.17, 15) is 18.0 Å². The molecule has 0 aliphatic carbocycles. The largest absolute Gasteiger partial charge is 0.492 e. The molecule has 34 heavy (non-hydrogen) atoms. The topological polar surface area (TPSA) is 96.0 Å². The minimum absolute atomic E-state index is 0.0301. The van der Waals surface area contributed by atoms with Crippen LogP contribution in [0.3, 0.4) is 0 Å². The van der Waals surface area contributed by atoms with Gasteiger partial charge in [0.05, 0.1) is 19.1 Å². The van der Waals surface area contributed by atoms with Gasteiger partial charge in [-0.3, -0.25) is 9.59 Å². The summed E-state index contributed by atoms with van der Waals surface area (Å²) in [5.74, 6) is -0.222. The Morgan fingerprint density at radius 1 is 1.12 bits per heavy atom. The van der Waals surface area contributed by atoms with Gasteiger partial charge in [0.15, 0.2) is 0 Å². The molecule has 9 heteroatoms. The molecule has 0 spiro atoms. The first-order chi connectivity index (χ1) is 16.3. The molecule has 1 N–H and O–H groups in total. The van der Waals surface area contributed by atoms with E-state index in [0.717, 1.165) is 24.0 Å². The Kier molecular flexibility index (Phi) is 7.04. The zero-order chi connectivity index (χ0) is 24.3. The van der Waals surface area contributed by atoms with Crippen molar-refractivity contribution in [2.75, 3.05) is 25.0 Å². The molecule has 180 valence electrons. The molecule has 2 aliphatic rings. The van der Waals surface area contributed by atoms with E-state index in [1.807, 2.05) is 30.3 Å². The number of carbonyl (C=O) groups is 2. The van der Waals surface area contributed by atoms with Crippen molar-refractivity contribution < 1.29 is 22.7 Å². The maximum Gasteiger partial charge on any atom is 0.246 e. The van der Waals surface area contributed by atoms with E-state index in [2.05, 4.69) is 5.32 Å². The van der Waals surface area contributed by atoms with Crippen molar-refractivity contribution in [2.45, 2.75) is 44.0 Å². The van der Waals surface area contributed by atoms with Crippen LogP contribution >= 0.6 is 0 Å².